The molecule has 0 spiro atoms. The average molecular weight is 371 g/mol. The van der Waals surface area contributed by atoms with Gasteiger partial charge in [-0.05, 0) is 45.1 Å². The summed E-state index contributed by atoms with van der Waals surface area (Å²) in [5, 5.41) is 5.03. The lowest BCUT2D eigenvalue weighted by molar-refractivity contribution is 0.391. The fourth-order valence-electron chi connectivity index (χ4n) is 3.74. The Morgan fingerprint density at radius 1 is 1.42 bits per heavy atom. The molecule has 1 aromatic carbocycles. The van der Waals surface area contributed by atoms with Crippen LogP contribution in [0.1, 0.15) is 25.2 Å². The van der Waals surface area contributed by atoms with Crippen LogP contribution in [-0.2, 0) is 6.54 Å². The lowest BCUT2D eigenvalue weighted by Gasteiger charge is -2.18. The minimum absolute atomic E-state index is 0.384. The van der Waals surface area contributed by atoms with Gasteiger partial charge in [0, 0.05) is 34.9 Å². The number of nitrogens with zero attached hydrogens (tertiary/aromatic N) is 4. The number of hydrogen-bond acceptors (Lipinski definition) is 5. The van der Waals surface area contributed by atoms with Gasteiger partial charge in [-0.1, -0.05) is 11.6 Å². The van der Waals surface area contributed by atoms with Crippen LogP contribution >= 0.6 is 11.6 Å². The van der Waals surface area contributed by atoms with Crippen LogP contribution in [0.5, 0.6) is 0 Å². The van der Waals surface area contributed by atoms with E-state index in [1.165, 1.54) is 0 Å². The molecular formula is C19H23ClN6. The monoisotopic (exact) mass is 370 g/mol. The molecule has 0 saturated carbocycles. The Bertz CT molecular complexity index is 989. The lowest BCUT2D eigenvalue weighted by atomic mass is 10.1. The molecule has 0 bridgehead atoms. The molecule has 26 heavy (non-hydrogen) atoms. The van der Waals surface area contributed by atoms with Gasteiger partial charge in [0.2, 0.25) is 0 Å². The van der Waals surface area contributed by atoms with Crippen LogP contribution in [0.4, 0.5) is 0 Å². The molecule has 0 amide bonds. The van der Waals surface area contributed by atoms with E-state index < -0.39 is 0 Å². The number of rotatable bonds is 4. The summed E-state index contributed by atoms with van der Waals surface area (Å²) in [6.45, 7) is 4.57. The Balaban J connectivity index is 1.91. The SMILES string of the molecule is C/C(N)=C/NCc1nc2cnc3ccc(Cl)cc3c2n1C1CCN(C)C1. The van der Waals surface area contributed by atoms with E-state index in [1.54, 1.807) is 0 Å². The van der Waals surface area contributed by atoms with Crippen LogP contribution in [-0.4, -0.2) is 39.6 Å². The van der Waals surface area contributed by atoms with Crippen LogP contribution in [0.3, 0.4) is 0 Å². The number of fused-ring (bicyclic) bond motifs is 3. The number of nitrogens with two attached hydrogens (primary N) is 1. The second-order valence-corrected chi connectivity index (χ2v) is 7.46. The summed E-state index contributed by atoms with van der Waals surface area (Å²) in [6.07, 6.45) is 4.77. The van der Waals surface area contributed by atoms with Gasteiger partial charge in [-0.25, -0.2) is 4.98 Å². The van der Waals surface area contributed by atoms with Gasteiger partial charge in [-0.15, -0.1) is 0 Å². The zero-order valence-electron chi connectivity index (χ0n) is 15.0. The standard InChI is InChI=1S/C19H23ClN6/c1-12(21)8-22-10-18-24-17-9-23-16-4-3-13(20)7-15(16)19(17)26(18)14-5-6-25(2)11-14/h3-4,7-9,14,22H,5-6,10-11,21H2,1-2H3/b12-8-. The van der Waals surface area contributed by atoms with Crippen LogP contribution in [0.25, 0.3) is 21.9 Å². The fourth-order valence-corrected chi connectivity index (χ4v) is 3.91. The molecule has 0 radical (unpaired) electrons. The Kier molecular flexibility index (Phi) is 4.46. The highest BCUT2D eigenvalue weighted by molar-refractivity contribution is 6.31. The highest BCUT2D eigenvalue weighted by Gasteiger charge is 2.26. The molecule has 1 fully saturated rings. The summed E-state index contributed by atoms with van der Waals surface area (Å²) >= 11 is 6.28. The number of imidazole rings is 1. The van der Waals surface area contributed by atoms with E-state index in [9.17, 15) is 0 Å². The van der Waals surface area contributed by atoms with Crippen molar-refractivity contribution in [3.05, 3.63) is 47.1 Å². The first-order valence-corrected chi connectivity index (χ1v) is 9.20. The van der Waals surface area contributed by atoms with Gasteiger partial charge in [0.15, 0.2) is 0 Å². The molecule has 3 aromatic rings. The number of likely N-dealkylation sites (N-methyl/N-ethyl adjacent to an activating group) is 1. The van der Waals surface area contributed by atoms with E-state index in [2.05, 4.69) is 26.8 Å². The molecular weight excluding hydrogens is 348 g/mol. The molecule has 1 aliphatic rings. The first-order valence-electron chi connectivity index (χ1n) is 8.82. The van der Waals surface area contributed by atoms with Crippen LogP contribution < -0.4 is 11.1 Å². The van der Waals surface area contributed by atoms with Crippen molar-refractivity contribution >= 4 is 33.5 Å². The first kappa shape index (κ1) is 17.1. The van der Waals surface area contributed by atoms with Crippen molar-refractivity contribution in [3.8, 4) is 0 Å². The van der Waals surface area contributed by atoms with Crippen molar-refractivity contribution in [1.29, 1.82) is 0 Å². The van der Waals surface area contributed by atoms with Gasteiger partial charge < -0.3 is 20.5 Å². The lowest BCUT2D eigenvalue weighted by Crippen LogP contribution is -2.20. The summed E-state index contributed by atoms with van der Waals surface area (Å²) in [6, 6.07) is 6.22. The van der Waals surface area contributed by atoms with E-state index in [4.69, 9.17) is 22.3 Å². The topological polar surface area (TPSA) is 72.0 Å². The zero-order chi connectivity index (χ0) is 18.3. The van der Waals surface area contributed by atoms with Gasteiger partial charge in [-0.3, -0.25) is 4.98 Å². The molecule has 1 unspecified atom stereocenters. The number of likely N-dealkylation sites (tertiary alicyclic amines) is 1. The normalized spacial score (nSPS) is 18.9. The third kappa shape index (κ3) is 3.10. The van der Waals surface area contributed by atoms with E-state index in [-0.39, 0.29) is 0 Å². The maximum Gasteiger partial charge on any atom is 0.129 e. The Morgan fingerprint density at radius 3 is 3.00 bits per heavy atom. The third-order valence-corrected chi connectivity index (χ3v) is 5.11. The van der Waals surface area contributed by atoms with Gasteiger partial charge in [-0.2, -0.15) is 0 Å². The molecule has 2 aromatic heterocycles. The Morgan fingerprint density at radius 2 is 2.27 bits per heavy atom. The number of benzene rings is 1. The average Bonchev–Trinajstić information content (AvgIpc) is 3.17. The molecule has 4 rings (SSSR count). The second-order valence-electron chi connectivity index (χ2n) is 7.03. The van der Waals surface area contributed by atoms with Crippen molar-refractivity contribution in [2.24, 2.45) is 5.73 Å². The smallest absolute Gasteiger partial charge is 0.129 e. The summed E-state index contributed by atoms with van der Waals surface area (Å²) < 4.78 is 2.37. The van der Waals surface area contributed by atoms with E-state index in [0.717, 1.165) is 53.0 Å². The van der Waals surface area contributed by atoms with Gasteiger partial charge in [0.1, 0.15) is 11.3 Å². The van der Waals surface area contributed by atoms with Crippen molar-refractivity contribution in [3.63, 3.8) is 0 Å². The molecule has 3 heterocycles. The minimum atomic E-state index is 0.384. The maximum absolute atomic E-state index is 6.28. The largest absolute Gasteiger partial charge is 0.401 e. The fraction of sp³-hybridized carbons (Fsp3) is 0.368. The first-order chi connectivity index (χ1) is 12.5. The molecule has 1 atom stereocenters. The summed E-state index contributed by atoms with van der Waals surface area (Å²) in [5.41, 5.74) is 9.44. The van der Waals surface area contributed by atoms with Crippen molar-refractivity contribution in [2.45, 2.75) is 25.9 Å². The summed E-state index contributed by atoms with van der Waals surface area (Å²) in [7, 11) is 2.16. The molecule has 3 N–H and O–H groups in total. The number of allylic oxidation sites excluding steroid dienone is 1. The highest BCUT2D eigenvalue weighted by atomic mass is 35.5. The second kappa shape index (κ2) is 6.78. The van der Waals surface area contributed by atoms with Gasteiger partial charge in [0.25, 0.3) is 0 Å². The van der Waals surface area contributed by atoms with Gasteiger partial charge >= 0.3 is 0 Å². The third-order valence-electron chi connectivity index (χ3n) is 4.87. The van der Waals surface area contributed by atoms with Crippen molar-refractivity contribution in [1.82, 2.24) is 24.8 Å². The maximum atomic E-state index is 6.28. The van der Waals surface area contributed by atoms with Crippen LogP contribution in [0.15, 0.2) is 36.3 Å². The number of hydrogen-bond donors (Lipinski definition) is 2. The quantitative estimate of drug-likeness (QED) is 0.738. The molecule has 7 heteroatoms. The predicted octanol–water partition coefficient (Wildman–Crippen LogP) is 3.02. The van der Waals surface area contributed by atoms with E-state index in [0.29, 0.717) is 17.6 Å². The van der Waals surface area contributed by atoms with E-state index in [1.807, 2.05) is 37.5 Å². The number of pyridine rings is 1. The van der Waals surface area contributed by atoms with Crippen LogP contribution in [0, 0.1) is 0 Å². The molecule has 0 aliphatic carbocycles. The number of aromatic nitrogens is 3. The number of halogens is 1. The molecule has 6 nitrogen and oxygen atoms in total. The Labute approximate surface area is 157 Å². The Hall–Kier alpha value is -2.31. The summed E-state index contributed by atoms with van der Waals surface area (Å²) in [5.74, 6) is 0.993. The van der Waals surface area contributed by atoms with Crippen molar-refractivity contribution < 1.29 is 0 Å². The minimum Gasteiger partial charge on any atom is -0.401 e. The highest BCUT2D eigenvalue weighted by Crippen LogP contribution is 2.32. The number of nitrogens with one attached hydrogen (secondary N) is 1. The zero-order valence-corrected chi connectivity index (χ0v) is 15.8. The van der Waals surface area contributed by atoms with Gasteiger partial charge in [0.05, 0.1) is 23.8 Å². The van der Waals surface area contributed by atoms with Crippen molar-refractivity contribution in [2.75, 3.05) is 20.1 Å². The predicted molar refractivity (Wildman–Crippen MR) is 106 cm³/mol. The molecule has 1 aliphatic heterocycles. The van der Waals surface area contributed by atoms with E-state index >= 15 is 0 Å². The summed E-state index contributed by atoms with van der Waals surface area (Å²) in [4.78, 5) is 11.8. The molecule has 136 valence electrons. The van der Waals surface area contributed by atoms with Crippen LogP contribution in [0.2, 0.25) is 5.02 Å². The molecule has 1 saturated heterocycles.